The van der Waals surface area contributed by atoms with E-state index in [0.29, 0.717) is 18.8 Å². The Labute approximate surface area is 122 Å². The highest BCUT2D eigenvalue weighted by molar-refractivity contribution is 5.69. The van der Waals surface area contributed by atoms with Crippen molar-refractivity contribution in [2.24, 2.45) is 0 Å². The number of rotatable bonds is 6. The molecule has 1 fully saturated rings. The number of benzene rings is 1. The van der Waals surface area contributed by atoms with Crippen molar-refractivity contribution < 1.29 is 23.4 Å². The van der Waals surface area contributed by atoms with E-state index in [-0.39, 0.29) is 31.7 Å². The van der Waals surface area contributed by atoms with E-state index in [0.717, 1.165) is 0 Å². The molecule has 0 unspecified atom stereocenters. The minimum absolute atomic E-state index is 0.0839. The molecule has 0 saturated carbocycles. The number of nitrogens with zero attached hydrogens (tertiary/aromatic N) is 1. The van der Waals surface area contributed by atoms with Crippen LogP contribution in [0.1, 0.15) is 24.8 Å². The Hall–Kier alpha value is -1.97. The quantitative estimate of drug-likeness (QED) is 0.594. The van der Waals surface area contributed by atoms with E-state index in [1.165, 1.54) is 12.1 Å². The topological polar surface area (TPSA) is 68.5 Å². The Bertz CT molecular complexity index is 517. The predicted octanol–water partition coefficient (Wildman–Crippen LogP) is 2.26. The first-order valence-corrected chi connectivity index (χ1v) is 6.73. The van der Waals surface area contributed by atoms with Gasteiger partial charge in [-0.25, -0.2) is 4.39 Å². The van der Waals surface area contributed by atoms with Gasteiger partial charge in [0.25, 0.3) is 0 Å². The van der Waals surface area contributed by atoms with Crippen LogP contribution < -0.4 is 0 Å². The molecular formula is C15H16FNO4. The molecule has 0 aromatic heterocycles. The van der Waals surface area contributed by atoms with Gasteiger partial charge in [-0.05, 0) is 12.1 Å². The Morgan fingerprint density at radius 1 is 1.33 bits per heavy atom. The van der Waals surface area contributed by atoms with Crippen LogP contribution in [0.3, 0.4) is 0 Å². The van der Waals surface area contributed by atoms with Crippen molar-refractivity contribution in [1.29, 1.82) is 5.26 Å². The number of halogens is 1. The van der Waals surface area contributed by atoms with E-state index in [9.17, 15) is 9.18 Å². The molecule has 1 aromatic rings. The number of hydrogen-bond acceptors (Lipinski definition) is 5. The summed E-state index contributed by atoms with van der Waals surface area (Å²) in [6, 6.07) is 7.72. The van der Waals surface area contributed by atoms with Gasteiger partial charge in [-0.3, -0.25) is 4.79 Å². The molecule has 0 aliphatic carbocycles. The lowest BCUT2D eigenvalue weighted by Gasteiger charge is -2.27. The minimum atomic E-state index is -1.03. The van der Waals surface area contributed by atoms with Crippen molar-refractivity contribution in [3.63, 3.8) is 0 Å². The lowest BCUT2D eigenvalue weighted by Crippen LogP contribution is -2.28. The van der Waals surface area contributed by atoms with Crippen molar-refractivity contribution in [2.45, 2.75) is 25.0 Å². The summed E-state index contributed by atoms with van der Waals surface area (Å²) >= 11 is 0. The summed E-state index contributed by atoms with van der Waals surface area (Å²) in [5.74, 6) is -1.78. The average molecular weight is 293 g/mol. The van der Waals surface area contributed by atoms with Crippen LogP contribution in [0.25, 0.3) is 0 Å². The molecule has 0 spiro atoms. The van der Waals surface area contributed by atoms with E-state index in [4.69, 9.17) is 19.5 Å². The molecule has 112 valence electrons. The van der Waals surface area contributed by atoms with Gasteiger partial charge in [-0.15, -0.1) is 0 Å². The first-order valence-electron chi connectivity index (χ1n) is 6.73. The van der Waals surface area contributed by atoms with Crippen LogP contribution in [-0.2, 0) is 24.8 Å². The summed E-state index contributed by atoms with van der Waals surface area (Å²) in [4.78, 5) is 11.6. The fourth-order valence-corrected chi connectivity index (χ4v) is 2.16. The molecule has 1 heterocycles. The summed E-state index contributed by atoms with van der Waals surface area (Å²) < 4.78 is 29.2. The van der Waals surface area contributed by atoms with Gasteiger partial charge < -0.3 is 14.2 Å². The van der Waals surface area contributed by atoms with Gasteiger partial charge in [0.2, 0.25) is 0 Å². The van der Waals surface area contributed by atoms with Gasteiger partial charge >= 0.3 is 5.97 Å². The molecule has 0 amide bonds. The second-order valence-corrected chi connectivity index (χ2v) is 4.59. The van der Waals surface area contributed by atoms with Crippen LogP contribution in [0.15, 0.2) is 24.3 Å². The Kier molecular flexibility index (Phi) is 5.26. The van der Waals surface area contributed by atoms with Gasteiger partial charge in [0.1, 0.15) is 12.4 Å². The molecule has 1 aromatic carbocycles. The second-order valence-electron chi connectivity index (χ2n) is 4.59. The van der Waals surface area contributed by atoms with Gasteiger partial charge in [-0.1, -0.05) is 12.1 Å². The highest BCUT2D eigenvalue weighted by Gasteiger charge is 2.38. The van der Waals surface area contributed by atoms with Crippen LogP contribution in [0.2, 0.25) is 0 Å². The fourth-order valence-electron chi connectivity index (χ4n) is 2.16. The normalized spacial score (nSPS) is 16.4. The SMILES string of the molecule is N#CCCOC(=O)CCC1(c2ccc(F)cc2)OCCO1. The molecule has 0 atom stereocenters. The van der Waals surface area contributed by atoms with Crippen LogP contribution in [0.5, 0.6) is 0 Å². The summed E-state index contributed by atoms with van der Waals surface area (Å²) in [7, 11) is 0. The second kappa shape index (κ2) is 7.16. The maximum atomic E-state index is 13.0. The highest BCUT2D eigenvalue weighted by atomic mass is 19.1. The lowest BCUT2D eigenvalue weighted by atomic mass is 10.0. The third kappa shape index (κ3) is 4.00. The van der Waals surface area contributed by atoms with Crippen molar-refractivity contribution in [2.75, 3.05) is 19.8 Å². The van der Waals surface area contributed by atoms with Crippen LogP contribution in [0, 0.1) is 17.1 Å². The Balaban J connectivity index is 1.97. The van der Waals surface area contributed by atoms with E-state index < -0.39 is 11.8 Å². The molecule has 1 aliphatic rings. The molecule has 5 nitrogen and oxygen atoms in total. The maximum Gasteiger partial charge on any atom is 0.306 e. The van der Waals surface area contributed by atoms with E-state index in [1.54, 1.807) is 12.1 Å². The lowest BCUT2D eigenvalue weighted by molar-refractivity contribution is -0.177. The highest BCUT2D eigenvalue weighted by Crippen LogP contribution is 2.36. The fraction of sp³-hybridized carbons (Fsp3) is 0.467. The molecular weight excluding hydrogens is 277 g/mol. The Morgan fingerprint density at radius 3 is 2.62 bits per heavy atom. The largest absolute Gasteiger partial charge is 0.465 e. The molecule has 21 heavy (non-hydrogen) atoms. The minimum Gasteiger partial charge on any atom is -0.465 e. The predicted molar refractivity (Wildman–Crippen MR) is 70.4 cm³/mol. The number of esters is 1. The number of nitriles is 1. The van der Waals surface area contributed by atoms with Crippen molar-refractivity contribution >= 4 is 5.97 Å². The van der Waals surface area contributed by atoms with Gasteiger partial charge in [0, 0.05) is 12.0 Å². The standard InChI is InChI=1S/C15H16FNO4/c16-13-4-2-12(3-5-13)15(20-10-11-21-15)7-6-14(18)19-9-1-8-17/h2-5H,1,6-7,9-11H2. The summed E-state index contributed by atoms with van der Waals surface area (Å²) in [5.41, 5.74) is 0.672. The van der Waals surface area contributed by atoms with E-state index in [1.807, 2.05) is 6.07 Å². The summed E-state index contributed by atoms with van der Waals surface area (Å²) in [6.07, 6.45) is 0.550. The number of hydrogen-bond donors (Lipinski definition) is 0. The summed E-state index contributed by atoms with van der Waals surface area (Å²) in [5, 5.41) is 8.38. The van der Waals surface area contributed by atoms with Crippen molar-refractivity contribution in [3.8, 4) is 6.07 Å². The van der Waals surface area contributed by atoms with Gasteiger partial charge in [0.15, 0.2) is 5.79 Å². The van der Waals surface area contributed by atoms with Gasteiger partial charge in [-0.2, -0.15) is 5.26 Å². The molecule has 0 N–H and O–H groups in total. The number of ether oxygens (including phenoxy) is 3. The average Bonchev–Trinajstić information content (AvgIpc) is 2.96. The van der Waals surface area contributed by atoms with Crippen molar-refractivity contribution in [3.05, 3.63) is 35.6 Å². The first kappa shape index (κ1) is 15.4. The zero-order valence-corrected chi connectivity index (χ0v) is 11.5. The zero-order chi connectivity index (χ0) is 15.1. The van der Waals surface area contributed by atoms with Crippen LogP contribution in [0.4, 0.5) is 4.39 Å². The third-order valence-electron chi connectivity index (χ3n) is 3.17. The number of carbonyl (C=O) groups is 1. The Morgan fingerprint density at radius 2 is 2.00 bits per heavy atom. The van der Waals surface area contributed by atoms with Crippen molar-refractivity contribution in [1.82, 2.24) is 0 Å². The first-order chi connectivity index (χ1) is 10.2. The molecule has 0 bridgehead atoms. The third-order valence-corrected chi connectivity index (χ3v) is 3.17. The molecule has 1 saturated heterocycles. The molecule has 0 radical (unpaired) electrons. The van der Waals surface area contributed by atoms with Crippen LogP contribution >= 0.6 is 0 Å². The van der Waals surface area contributed by atoms with E-state index >= 15 is 0 Å². The zero-order valence-electron chi connectivity index (χ0n) is 11.5. The smallest absolute Gasteiger partial charge is 0.306 e. The maximum absolute atomic E-state index is 13.0. The van der Waals surface area contributed by atoms with Crippen LogP contribution in [-0.4, -0.2) is 25.8 Å². The monoisotopic (exact) mass is 293 g/mol. The molecule has 2 rings (SSSR count). The summed E-state index contributed by atoms with van der Waals surface area (Å²) in [6.45, 7) is 0.919. The molecule has 6 heteroatoms. The van der Waals surface area contributed by atoms with E-state index in [2.05, 4.69) is 0 Å². The number of carbonyl (C=O) groups excluding carboxylic acids is 1. The van der Waals surface area contributed by atoms with Gasteiger partial charge in [0.05, 0.1) is 32.1 Å². The molecule has 1 aliphatic heterocycles.